The SMILES string of the molecule is CCC(CN(C)C(=O)OCc1ccccc1)C(NC(=O)OC(C)(C)C)c1ncco1. The van der Waals surface area contributed by atoms with E-state index in [1.807, 2.05) is 37.3 Å². The van der Waals surface area contributed by atoms with Gasteiger partial charge in [-0.1, -0.05) is 37.3 Å². The van der Waals surface area contributed by atoms with Crippen LogP contribution in [-0.2, 0) is 16.1 Å². The maximum Gasteiger partial charge on any atom is 0.409 e. The van der Waals surface area contributed by atoms with Gasteiger partial charge in [-0.25, -0.2) is 14.6 Å². The monoisotopic (exact) mass is 417 g/mol. The summed E-state index contributed by atoms with van der Waals surface area (Å²) < 4.78 is 16.2. The highest BCUT2D eigenvalue weighted by molar-refractivity contribution is 5.68. The van der Waals surface area contributed by atoms with Crippen LogP contribution >= 0.6 is 0 Å². The number of amides is 2. The van der Waals surface area contributed by atoms with Gasteiger partial charge in [0.2, 0.25) is 5.89 Å². The Morgan fingerprint density at radius 2 is 1.93 bits per heavy atom. The number of rotatable bonds is 8. The maximum absolute atomic E-state index is 12.4. The summed E-state index contributed by atoms with van der Waals surface area (Å²) in [5.74, 6) is 0.198. The zero-order valence-corrected chi connectivity index (χ0v) is 18.3. The van der Waals surface area contributed by atoms with Crippen LogP contribution in [0.1, 0.15) is 51.6 Å². The van der Waals surface area contributed by atoms with E-state index in [1.54, 1.807) is 27.8 Å². The lowest BCUT2D eigenvalue weighted by Gasteiger charge is -2.29. The van der Waals surface area contributed by atoms with Crippen LogP contribution in [0.25, 0.3) is 0 Å². The molecule has 0 spiro atoms. The molecular formula is C22H31N3O5. The fourth-order valence-electron chi connectivity index (χ4n) is 2.93. The highest BCUT2D eigenvalue weighted by atomic mass is 16.6. The van der Waals surface area contributed by atoms with Gasteiger partial charge in [0.15, 0.2) is 0 Å². The van der Waals surface area contributed by atoms with Crippen LogP contribution in [0.3, 0.4) is 0 Å². The molecular weight excluding hydrogens is 386 g/mol. The van der Waals surface area contributed by atoms with Gasteiger partial charge in [-0.15, -0.1) is 0 Å². The zero-order chi connectivity index (χ0) is 22.1. The molecule has 0 bridgehead atoms. The number of oxazole rings is 1. The van der Waals surface area contributed by atoms with Crippen molar-refractivity contribution in [3.63, 3.8) is 0 Å². The highest BCUT2D eigenvalue weighted by Gasteiger charge is 2.31. The summed E-state index contributed by atoms with van der Waals surface area (Å²) in [6, 6.07) is 8.93. The topological polar surface area (TPSA) is 93.9 Å². The molecule has 1 aromatic carbocycles. The van der Waals surface area contributed by atoms with Crippen LogP contribution in [0.4, 0.5) is 9.59 Å². The summed E-state index contributed by atoms with van der Waals surface area (Å²) in [6.45, 7) is 7.88. The molecule has 8 nitrogen and oxygen atoms in total. The van der Waals surface area contributed by atoms with Gasteiger partial charge in [0, 0.05) is 19.5 Å². The maximum atomic E-state index is 12.4. The number of nitrogens with one attached hydrogen (secondary N) is 1. The number of aromatic nitrogens is 1. The fourth-order valence-corrected chi connectivity index (χ4v) is 2.93. The predicted octanol–water partition coefficient (Wildman–Crippen LogP) is 4.54. The summed E-state index contributed by atoms with van der Waals surface area (Å²) in [4.78, 5) is 30.5. The summed E-state index contributed by atoms with van der Waals surface area (Å²) in [5.41, 5.74) is 0.279. The highest BCUT2D eigenvalue weighted by Crippen LogP contribution is 2.25. The number of carbonyl (C=O) groups excluding carboxylic acids is 2. The van der Waals surface area contributed by atoms with Gasteiger partial charge >= 0.3 is 12.2 Å². The third-order valence-corrected chi connectivity index (χ3v) is 4.41. The largest absolute Gasteiger partial charge is 0.447 e. The second-order valence-corrected chi connectivity index (χ2v) is 8.08. The fraction of sp³-hybridized carbons (Fsp3) is 0.500. The van der Waals surface area contributed by atoms with Gasteiger partial charge in [0.05, 0.1) is 6.20 Å². The molecule has 2 atom stereocenters. The molecule has 0 saturated heterocycles. The third kappa shape index (κ3) is 7.42. The Morgan fingerprint density at radius 1 is 1.23 bits per heavy atom. The van der Waals surface area contributed by atoms with Gasteiger partial charge in [-0.05, 0) is 32.8 Å². The van der Waals surface area contributed by atoms with Crippen molar-refractivity contribution in [1.29, 1.82) is 0 Å². The predicted molar refractivity (Wildman–Crippen MR) is 112 cm³/mol. The van der Waals surface area contributed by atoms with Crippen molar-refractivity contribution in [3.8, 4) is 0 Å². The van der Waals surface area contributed by atoms with Gasteiger partial charge in [0.1, 0.15) is 24.5 Å². The lowest BCUT2D eigenvalue weighted by atomic mass is 9.96. The molecule has 0 saturated carbocycles. The number of hydrogen-bond donors (Lipinski definition) is 1. The minimum atomic E-state index is -0.634. The molecule has 30 heavy (non-hydrogen) atoms. The Morgan fingerprint density at radius 3 is 2.50 bits per heavy atom. The molecule has 0 aliphatic rings. The number of alkyl carbamates (subject to hydrolysis) is 1. The molecule has 0 radical (unpaired) electrons. The molecule has 1 aromatic heterocycles. The van der Waals surface area contributed by atoms with Crippen molar-refractivity contribution in [3.05, 3.63) is 54.2 Å². The minimum Gasteiger partial charge on any atom is -0.447 e. The van der Waals surface area contributed by atoms with E-state index in [2.05, 4.69) is 10.3 Å². The van der Waals surface area contributed by atoms with Crippen LogP contribution < -0.4 is 5.32 Å². The molecule has 0 aliphatic heterocycles. The first-order valence-electron chi connectivity index (χ1n) is 10.00. The number of ether oxygens (including phenoxy) is 2. The second-order valence-electron chi connectivity index (χ2n) is 8.08. The molecule has 0 fully saturated rings. The van der Waals surface area contributed by atoms with Crippen LogP contribution in [0.5, 0.6) is 0 Å². The molecule has 8 heteroatoms. The van der Waals surface area contributed by atoms with Crippen molar-refractivity contribution in [2.24, 2.45) is 5.92 Å². The smallest absolute Gasteiger partial charge is 0.409 e. The molecule has 1 N–H and O–H groups in total. The quantitative estimate of drug-likeness (QED) is 0.678. The Kier molecular flexibility index (Phi) is 8.26. The van der Waals surface area contributed by atoms with Crippen LogP contribution in [0, 0.1) is 5.92 Å². The minimum absolute atomic E-state index is 0.162. The first-order valence-corrected chi connectivity index (χ1v) is 10.00. The summed E-state index contributed by atoms with van der Waals surface area (Å²) in [7, 11) is 1.66. The molecule has 164 valence electrons. The standard InChI is InChI=1S/C22H31N3O5/c1-6-17(14-25(5)21(27)29-15-16-10-8-7-9-11-16)18(19-23-12-13-28-19)24-20(26)30-22(2,3)4/h7-13,17-18H,6,14-15H2,1-5H3,(H,24,26). The Labute approximate surface area is 177 Å². The number of hydrogen-bond acceptors (Lipinski definition) is 6. The van der Waals surface area contributed by atoms with E-state index in [9.17, 15) is 9.59 Å². The molecule has 0 aliphatic carbocycles. The van der Waals surface area contributed by atoms with E-state index in [4.69, 9.17) is 13.9 Å². The first-order chi connectivity index (χ1) is 14.2. The number of carbonyl (C=O) groups is 2. The van der Waals surface area contributed by atoms with E-state index < -0.39 is 23.8 Å². The number of nitrogens with zero attached hydrogens (tertiary/aromatic N) is 2. The lowest BCUT2D eigenvalue weighted by Crippen LogP contribution is -2.42. The van der Waals surface area contributed by atoms with E-state index >= 15 is 0 Å². The van der Waals surface area contributed by atoms with Crippen molar-refractivity contribution in [1.82, 2.24) is 15.2 Å². The summed E-state index contributed by atoms with van der Waals surface area (Å²) in [6.07, 6.45) is 2.62. The third-order valence-electron chi connectivity index (χ3n) is 4.41. The summed E-state index contributed by atoms with van der Waals surface area (Å²) in [5, 5.41) is 2.83. The molecule has 2 amide bonds. The van der Waals surface area contributed by atoms with Crippen molar-refractivity contribution in [2.45, 2.75) is 52.4 Å². The van der Waals surface area contributed by atoms with E-state index in [0.29, 0.717) is 18.9 Å². The van der Waals surface area contributed by atoms with Gasteiger partial charge in [-0.3, -0.25) is 0 Å². The van der Waals surface area contributed by atoms with E-state index in [-0.39, 0.29) is 12.5 Å². The van der Waals surface area contributed by atoms with E-state index in [0.717, 1.165) is 5.56 Å². The first kappa shape index (κ1) is 23.3. The average Bonchev–Trinajstić information content (AvgIpc) is 3.22. The van der Waals surface area contributed by atoms with Crippen molar-refractivity contribution in [2.75, 3.05) is 13.6 Å². The Hall–Kier alpha value is -3.03. The van der Waals surface area contributed by atoms with Crippen molar-refractivity contribution >= 4 is 12.2 Å². The van der Waals surface area contributed by atoms with Gasteiger partial charge < -0.3 is 24.1 Å². The number of benzene rings is 1. The van der Waals surface area contributed by atoms with Crippen LogP contribution in [0.15, 0.2) is 47.2 Å². The van der Waals surface area contributed by atoms with Gasteiger partial charge in [0.25, 0.3) is 0 Å². The second kappa shape index (κ2) is 10.7. The Bertz CT molecular complexity index is 787. The summed E-state index contributed by atoms with van der Waals surface area (Å²) >= 11 is 0. The Balaban J connectivity index is 2.02. The van der Waals surface area contributed by atoms with E-state index in [1.165, 1.54) is 17.4 Å². The average molecular weight is 418 g/mol. The van der Waals surface area contributed by atoms with Crippen LogP contribution in [-0.4, -0.2) is 41.3 Å². The molecule has 2 aromatic rings. The molecule has 1 heterocycles. The molecule has 2 unspecified atom stereocenters. The van der Waals surface area contributed by atoms with Crippen molar-refractivity contribution < 1.29 is 23.5 Å². The van der Waals surface area contributed by atoms with Crippen LogP contribution in [0.2, 0.25) is 0 Å². The molecule has 2 rings (SSSR count). The van der Waals surface area contributed by atoms with Gasteiger partial charge in [-0.2, -0.15) is 0 Å². The zero-order valence-electron chi connectivity index (χ0n) is 18.3. The lowest BCUT2D eigenvalue weighted by molar-refractivity contribution is 0.0459. The normalized spacial score (nSPS) is 13.2.